The lowest BCUT2D eigenvalue weighted by atomic mass is 10.0. The van der Waals surface area contributed by atoms with Crippen LogP contribution in [0.25, 0.3) is 0 Å². The Morgan fingerprint density at radius 3 is 2.34 bits per heavy atom. The van der Waals surface area contributed by atoms with Crippen molar-refractivity contribution in [1.82, 2.24) is 41.6 Å². The van der Waals surface area contributed by atoms with Crippen LogP contribution in [0.2, 0.25) is 0 Å². The molecule has 0 saturated carbocycles. The molecule has 2 aliphatic heterocycles. The molecule has 1 unspecified atom stereocenters. The summed E-state index contributed by atoms with van der Waals surface area (Å²) in [6.07, 6.45) is 0. The van der Waals surface area contributed by atoms with Gasteiger partial charge >= 0.3 is 23.9 Å². The number of oxime groups is 1. The number of urea groups is 1. The second-order valence-corrected chi connectivity index (χ2v) is 14.8. The van der Waals surface area contributed by atoms with Crippen LogP contribution in [0.3, 0.4) is 0 Å². The van der Waals surface area contributed by atoms with Gasteiger partial charge in [0.2, 0.25) is 0 Å². The largest absolute Gasteiger partial charge is 0.477 e. The molecule has 0 spiro atoms. The molecule has 7 N–H and O–H groups in total. The summed E-state index contributed by atoms with van der Waals surface area (Å²) >= 11 is 4.78. The van der Waals surface area contributed by atoms with Crippen molar-refractivity contribution >= 4 is 117 Å². The zero-order valence-electron chi connectivity index (χ0n) is 28.5. The summed E-state index contributed by atoms with van der Waals surface area (Å²) in [6.45, 7) is 1.33. The third-order valence-electron chi connectivity index (χ3n) is 6.79. The van der Waals surface area contributed by atoms with E-state index in [1.54, 1.807) is 5.51 Å². The van der Waals surface area contributed by atoms with Crippen LogP contribution in [0.5, 0.6) is 11.5 Å². The van der Waals surface area contributed by atoms with Gasteiger partial charge in [0.15, 0.2) is 21.8 Å². The van der Waals surface area contributed by atoms with Crippen LogP contribution >= 0.6 is 58.6 Å². The number of amides is 6. The molecule has 6 amide bonds. The number of fused-ring (bicyclic) bond motifs is 1. The number of aliphatic carboxylic acids is 1. The molecule has 56 heavy (non-hydrogen) atoms. The molecule has 1 fully saturated rings. The van der Waals surface area contributed by atoms with Crippen LogP contribution in [0.4, 0.5) is 9.93 Å². The number of nitrogens with two attached hydrogens (primary N) is 1. The van der Waals surface area contributed by atoms with E-state index >= 15 is 0 Å². The number of carbonyl (C=O) groups excluding carboxylic acids is 7. The third-order valence-corrected chi connectivity index (χ3v) is 10.7. The molecule has 0 radical (unpaired) electrons. The minimum absolute atomic E-state index is 0. The molecule has 296 valence electrons. The lowest BCUT2D eigenvalue weighted by molar-refractivity contribution is -0.150. The summed E-state index contributed by atoms with van der Waals surface area (Å²) in [6, 6.07) is 1.01. The molecule has 22 nitrogen and oxygen atoms in total. The van der Waals surface area contributed by atoms with Crippen molar-refractivity contribution in [2.45, 2.75) is 29.6 Å². The van der Waals surface area contributed by atoms with E-state index in [0.717, 1.165) is 42.2 Å². The fraction of sp³-hybridized carbons (Fsp3) is 0.241. The number of nitrogens with one attached hydrogen (secondary N) is 4. The van der Waals surface area contributed by atoms with Crippen LogP contribution < -0.4 is 36.7 Å². The fourth-order valence-electron chi connectivity index (χ4n) is 4.66. The number of rotatable bonds is 13. The highest BCUT2D eigenvalue weighted by molar-refractivity contribution is 8.01. The predicted octanol–water partition coefficient (Wildman–Crippen LogP) is 0.272. The van der Waals surface area contributed by atoms with Crippen molar-refractivity contribution in [3.8, 4) is 11.5 Å². The van der Waals surface area contributed by atoms with E-state index in [1.165, 1.54) is 46.3 Å². The molecule has 27 heteroatoms. The van der Waals surface area contributed by atoms with Crippen LogP contribution in [0.15, 0.2) is 49.9 Å². The molecular weight excluding hydrogens is 844 g/mol. The SMILES string of the molecule is CC(=O)Oc1cc(OC(C)=O)cc(C(=O)NC(=O)NNC(=O)CON=C(C(=O)NC2C(=O)N3C(C(=O)O)=C(CSc4nncs4)CS[C@@H]23)c2csc(N)n2)c1.Cl. The summed E-state index contributed by atoms with van der Waals surface area (Å²) in [5.74, 6) is -6.22. The minimum Gasteiger partial charge on any atom is -0.477 e. The lowest BCUT2D eigenvalue weighted by Crippen LogP contribution is -2.71. The van der Waals surface area contributed by atoms with Gasteiger partial charge in [0.25, 0.3) is 23.6 Å². The van der Waals surface area contributed by atoms with Crippen molar-refractivity contribution in [2.24, 2.45) is 5.16 Å². The highest BCUT2D eigenvalue weighted by Crippen LogP contribution is 2.41. The van der Waals surface area contributed by atoms with Crippen molar-refractivity contribution in [3.05, 3.63) is 51.6 Å². The maximum atomic E-state index is 13.4. The van der Waals surface area contributed by atoms with Crippen molar-refractivity contribution in [3.63, 3.8) is 0 Å². The Balaban J connectivity index is 0.00000696. The highest BCUT2D eigenvalue weighted by atomic mass is 35.5. The number of nitrogens with zero attached hydrogens (tertiary/aromatic N) is 5. The standard InChI is InChI=1S/C29H26N10O12S4.ClH/c1-11(40)50-15-3-13(4-16(5-15)51-12(2)41)22(43)34-28(48)36-35-18(42)6-49-38-19(17-9-53-27(30)32-17)23(44)33-20-24(45)39-21(26(46)47)14(7-52-25(20)39)8-54-29-37-31-10-55-29;/h3-5,9-10,20,25H,6-8H2,1-2H3,(H2,30,32)(H,33,44)(H,35,42)(H,46,47)(H2,34,36,43,48);1H/t20?,25-;/m0./s1. The van der Waals surface area contributed by atoms with Gasteiger partial charge in [-0.1, -0.05) is 28.3 Å². The van der Waals surface area contributed by atoms with Gasteiger partial charge < -0.3 is 30.5 Å². The first kappa shape index (κ1) is 42.9. The number of nitrogen functional groups attached to an aromatic ring is 1. The van der Waals surface area contributed by atoms with E-state index in [4.69, 9.17) is 20.0 Å². The number of hydrogen-bond donors (Lipinski definition) is 6. The number of halogens is 1. The first-order chi connectivity index (χ1) is 26.2. The lowest BCUT2D eigenvalue weighted by Gasteiger charge is -2.49. The van der Waals surface area contributed by atoms with Gasteiger partial charge in [0.05, 0.1) is 0 Å². The van der Waals surface area contributed by atoms with Crippen molar-refractivity contribution < 1.29 is 57.8 Å². The van der Waals surface area contributed by atoms with Crippen LogP contribution in [0.1, 0.15) is 29.9 Å². The zero-order chi connectivity index (χ0) is 39.8. The van der Waals surface area contributed by atoms with E-state index in [-0.39, 0.29) is 57.5 Å². The quantitative estimate of drug-likeness (QED) is 0.0335. The summed E-state index contributed by atoms with van der Waals surface area (Å²) in [5, 5.41) is 26.4. The average Bonchev–Trinajstić information content (AvgIpc) is 3.81. The molecule has 1 saturated heterocycles. The Kier molecular flexibility index (Phi) is 14.7. The van der Waals surface area contributed by atoms with Crippen LogP contribution in [0, 0.1) is 0 Å². The van der Waals surface area contributed by atoms with Gasteiger partial charge in [0.1, 0.15) is 39.8 Å². The number of anilines is 1. The minimum atomic E-state index is -1.30. The number of aromatic nitrogens is 3. The first-order valence-corrected chi connectivity index (χ1v) is 18.9. The predicted molar refractivity (Wildman–Crippen MR) is 200 cm³/mol. The number of carbonyl (C=O) groups is 8. The number of thiazole rings is 1. The third kappa shape index (κ3) is 10.9. The van der Waals surface area contributed by atoms with Crippen LogP contribution in [-0.2, 0) is 33.6 Å². The summed E-state index contributed by atoms with van der Waals surface area (Å²) in [5.41, 5.74) is 10.6. The molecule has 5 rings (SSSR count). The highest BCUT2D eigenvalue weighted by Gasteiger charge is 2.54. The number of thioether (sulfide) groups is 2. The average molecular weight is 871 g/mol. The molecule has 0 aliphatic carbocycles. The normalized spacial score (nSPS) is 15.9. The van der Waals surface area contributed by atoms with Gasteiger partial charge in [-0.3, -0.25) is 44.4 Å². The van der Waals surface area contributed by atoms with Gasteiger partial charge in [0, 0.05) is 42.4 Å². The maximum Gasteiger partial charge on any atom is 0.352 e. The number of hydrazine groups is 1. The smallest absolute Gasteiger partial charge is 0.352 e. The van der Waals surface area contributed by atoms with E-state index < -0.39 is 71.3 Å². The van der Waals surface area contributed by atoms with Gasteiger partial charge in [-0.15, -0.1) is 45.7 Å². The molecule has 2 atom stereocenters. The Labute approximate surface area is 336 Å². The van der Waals surface area contributed by atoms with E-state index in [0.29, 0.717) is 9.91 Å². The molecule has 1 aromatic carbocycles. The van der Waals surface area contributed by atoms with E-state index in [2.05, 4.69) is 25.7 Å². The number of imide groups is 1. The Hall–Kier alpha value is -5.83. The Morgan fingerprint density at radius 2 is 1.75 bits per heavy atom. The summed E-state index contributed by atoms with van der Waals surface area (Å²) < 4.78 is 10.5. The summed E-state index contributed by atoms with van der Waals surface area (Å²) in [7, 11) is 0. The fourth-order valence-corrected chi connectivity index (χ4v) is 8.18. The topological polar surface area (TPSA) is 313 Å². The molecule has 0 bridgehead atoms. The number of carboxylic acid groups (broad SMARTS) is 1. The molecule has 2 aromatic heterocycles. The second kappa shape index (κ2) is 19.2. The van der Waals surface area contributed by atoms with E-state index in [1.807, 2.05) is 16.2 Å². The number of ether oxygens (including phenoxy) is 2. The van der Waals surface area contributed by atoms with Gasteiger partial charge in [-0.05, 0) is 17.7 Å². The monoisotopic (exact) mass is 870 g/mol. The maximum absolute atomic E-state index is 13.4. The van der Waals surface area contributed by atoms with Gasteiger partial charge in [-0.25, -0.2) is 20.0 Å². The second-order valence-electron chi connectivity index (χ2n) is 10.7. The number of esters is 2. The van der Waals surface area contributed by atoms with Gasteiger partial charge in [-0.2, -0.15) is 0 Å². The molecule has 4 heterocycles. The van der Waals surface area contributed by atoms with E-state index in [9.17, 15) is 43.5 Å². The molecule has 2 aliphatic rings. The number of β-lactam (4-membered cyclic amide) rings is 1. The van der Waals surface area contributed by atoms with Crippen LogP contribution in [-0.4, -0.2) is 108 Å². The van der Waals surface area contributed by atoms with Crippen molar-refractivity contribution in [1.29, 1.82) is 0 Å². The number of benzene rings is 1. The summed E-state index contributed by atoms with van der Waals surface area (Å²) in [4.78, 5) is 109. The number of hydrogen-bond acceptors (Lipinski definition) is 20. The Morgan fingerprint density at radius 1 is 1.05 bits per heavy atom. The molecule has 3 aromatic rings. The first-order valence-electron chi connectivity index (χ1n) is 15.1. The molecular formula is C29H27ClN10O12S4. The zero-order valence-corrected chi connectivity index (χ0v) is 32.5. The number of carboxylic acids is 1. The van der Waals surface area contributed by atoms with Crippen molar-refractivity contribution in [2.75, 3.05) is 23.8 Å². The Bertz CT molecular complexity index is 2100.